The third-order valence-electron chi connectivity index (χ3n) is 5.14. The van der Waals surface area contributed by atoms with Gasteiger partial charge in [0.15, 0.2) is 0 Å². The number of piperazine rings is 1. The van der Waals surface area contributed by atoms with Gasteiger partial charge in [0.05, 0.1) is 11.9 Å². The van der Waals surface area contributed by atoms with Gasteiger partial charge in [-0.2, -0.15) is 9.40 Å². The molecule has 3 aromatic rings. The summed E-state index contributed by atoms with van der Waals surface area (Å²) < 4.78 is 30.2. The maximum atomic E-state index is 13.5. The lowest BCUT2D eigenvalue weighted by Gasteiger charge is -2.33. The molecular formula is C21H24N4O2S. The summed E-state index contributed by atoms with van der Waals surface area (Å²) in [5.41, 5.74) is 2.11. The lowest BCUT2D eigenvalue weighted by Crippen LogP contribution is -2.48. The highest BCUT2D eigenvalue weighted by atomic mass is 32.2. The molecule has 0 spiro atoms. The van der Waals surface area contributed by atoms with E-state index in [1.54, 1.807) is 15.2 Å². The standard InChI is InChI=1S/C21H24N4O2S/c1-2-23-13-15-24(16-14-23)28(26,27)20-17-25(19-11-7-4-8-12-19)22-21(20)18-9-5-3-6-10-18/h3-12,17H,2,13-16H2,1H3. The Balaban J connectivity index is 1.78. The van der Waals surface area contributed by atoms with Gasteiger partial charge in [0.25, 0.3) is 0 Å². The molecule has 0 unspecified atom stereocenters. The Hall–Kier alpha value is -2.48. The van der Waals surface area contributed by atoms with Crippen LogP contribution in [0.1, 0.15) is 6.92 Å². The number of para-hydroxylation sites is 1. The van der Waals surface area contributed by atoms with E-state index < -0.39 is 10.0 Å². The number of hydrogen-bond acceptors (Lipinski definition) is 4. The summed E-state index contributed by atoms with van der Waals surface area (Å²) in [5, 5.41) is 4.64. The van der Waals surface area contributed by atoms with Gasteiger partial charge in [-0.3, -0.25) is 0 Å². The maximum absolute atomic E-state index is 13.5. The quantitative estimate of drug-likeness (QED) is 0.665. The van der Waals surface area contributed by atoms with Crippen LogP contribution in [0.2, 0.25) is 0 Å². The van der Waals surface area contributed by atoms with E-state index in [-0.39, 0.29) is 4.90 Å². The van der Waals surface area contributed by atoms with E-state index >= 15 is 0 Å². The molecule has 0 atom stereocenters. The molecule has 6 nitrogen and oxygen atoms in total. The Labute approximate surface area is 166 Å². The third kappa shape index (κ3) is 3.61. The van der Waals surface area contributed by atoms with E-state index in [2.05, 4.69) is 16.9 Å². The number of likely N-dealkylation sites (N-methyl/N-ethyl adjacent to an activating group) is 1. The second kappa shape index (κ2) is 7.87. The number of benzene rings is 2. The van der Waals surface area contributed by atoms with Gasteiger partial charge in [-0.25, -0.2) is 13.1 Å². The maximum Gasteiger partial charge on any atom is 0.246 e. The summed E-state index contributed by atoms with van der Waals surface area (Å²) >= 11 is 0. The van der Waals surface area contributed by atoms with Crippen LogP contribution in [0.4, 0.5) is 0 Å². The van der Waals surface area contributed by atoms with Crippen LogP contribution in [-0.2, 0) is 10.0 Å². The first kappa shape index (κ1) is 18.9. The molecule has 146 valence electrons. The van der Waals surface area contributed by atoms with E-state index in [0.717, 1.165) is 30.9 Å². The molecule has 0 aliphatic carbocycles. The van der Waals surface area contributed by atoms with Gasteiger partial charge in [0, 0.05) is 31.7 Å². The van der Waals surface area contributed by atoms with Crippen molar-refractivity contribution < 1.29 is 8.42 Å². The SMILES string of the molecule is CCN1CCN(S(=O)(=O)c2cn(-c3ccccc3)nc2-c2ccccc2)CC1. The number of hydrogen-bond donors (Lipinski definition) is 0. The average molecular weight is 397 g/mol. The lowest BCUT2D eigenvalue weighted by atomic mass is 10.2. The van der Waals surface area contributed by atoms with Gasteiger partial charge in [0.2, 0.25) is 10.0 Å². The molecule has 28 heavy (non-hydrogen) atoms. The summed E-state index contributed by atoms with van der Waals surface area (Å²) in [4.78, 5) is 2.52. The monoisotopic (exact) mass is 396 g/mol. The van der Waals surface area contributed by atoms with Gasteiger partial charge in [-0.15, -0.1) is 0 Å². The summed E-state index contributed by atoms with van der Waals surface area (Å²) in [7, 11) is -3.64. The minimum atomic E-state index is -3.64. The Morgan fingerprint density at radius 3 is 2.11 bits per heavy atom. The highest BCUT2D eigenvalue weighted by molar-refractivity contribution is 7.89. The number of rotatable bonds is 5. The zero-order valence-corrected chi connectivity index (χ0v) is 16.7. The highest BCUT2D eigenvalue weighted by Gasteiger charge is 2.32. The van der Waals surface area contributed by atoms with Gasteiger partial charge in [-0.05, 0) is 18.7 Å². The first-order valence-corrected chi connectivity index (χ1v) is 11.0. The molecule has 2 heterocycles. The molecule has 1 fully saturated rings. The minimum absolute atomic E-state index is 0.257. The third-order valence-corrected chi connectivity index (χ3v) is 7.04. The molecule has 0 saturated carbocycles. The van der Waals surface area contributed by atoms with Gasteiger partial charge in [-0.1, -0.05) is 55.5 Å². The van der Waals surface area contributed by atoms with Crippen molar-refractivity contribution in [1.82, 2.24) is 19.0 Å². The Bertz CT molecular complexity index is 1020. The summed E-state index contributed by atoms with van der Waals surface area (Å²) in [6.07, 6.45) is 1.64. The zero-order chi connectivity index (χ0) is 19.6. The molecule has 2 aromatic carbocycles. The smallest absolute Gasteiger partial charge is 0.246 e. The van der Waals surface area contributed by atoms with E-state index in [1.165, 1.54) is 0 Å². The van der Waals surface area contributed by atoms with Gasteiger partial charge in [0.1, 0.15) is 10.6 Å². The predicted octanol–water partition coefficient (Wildman–Crippen LogP) is 2.87. The number of nitrogens with zero attached hydrogens (tertiary/aromatic N) is 4. The van der Waals surface area contributed by atoms with E-state index in [4.69, 9.17) is 0 Å². The second-order valence-corrected chi connectivity index (χ2v) is 8.73. The topological polar surface area (TPSA) is 58.4 Å². The number of aromatic nitrogens is 2. The van der Waals surface area contributed by atoms with Crippen molar-refractivity contribution in [1.29, 1.82) is 0 Å². The average Bonchev–Trinajstić information content (AvgIpc) is 3.21. The van der Waals surface area contributed by atoms with E-state index in [0.29, 0.717) is 18.8 Å². The van der Waals surface area contributed by atoms with Crippen molar-refractivity contribution >= 4 is 10.0 Å². The Kier molecular flexibility index (Phi) is 5.30. The van der Waals surface area contributed by atoms with Crippen LogP contribution in [0.15, 0.2) is 71.8 Å². The molecule has 0 N–H and O–H groups in total. The minimum Gasteiger partial charge on any atom is -0.301 e. The van der Waals surface area contributed by atoms with Crippen molar-refractivity contribution in [2.24, 2.45) is 0 Å². The van der Waals surface area contributed by atoms with Crippen LogP contribution in [-0.4, -0.2) is 60.1 Å². The molecule has 4 rings (SSSR count). The van der Waals surface area contributed by atoms with Crippen molar-refractivity contribution in [3.8, 4) is 16.9 Å². The van der Waals surface area contributed by atoms with Crippen LogP contribution in [0.3, 0.4) is 0 Å². The summed E-state index contributed by atoms with van der Waals surface area (Å²) in [6.45, 7) is 5.55. The Morgan fingerprint density at radius 1 is 0.893 bits per heavy atom. The van der Waals surface area contributed by atoms with Crippen LogP contribution >= 0.6 is 0 Å². The molecule has 0 bridgehead atoms. The molecule has 1 aliphatic heterocycles. The largest absolute Gasteiger partial charge is 0.301 e. The molecule has 1 aromatic heterocycles. The fourth-order valence-corrected chi connectivity index (χ4v) is 5.04. The van der Waals surface area contributed by atoms with Crippen molar-refractivity contribution in [2.75, 3.05) is 32.7 Å². The molecule has 1 saturated heterocycles. The first-order chi connectivity index (χ1) is 13.6. The van der Waals surface area contributed by atoms with Crippen molar-refractivity contribution in [3.63, 3.8) is 0 Å². The molecule has 1 aliphatic rings. The molecule has 0 amide bonds. The molecule has 0 radical (unpaired) electrons. The van der Waals surface area contributed by atoms with Crippen LogP contribution < -0.4 is 0 Å². The lowest BCUT2D eigenvalue weighted by molar-refractivity contribution is 0.196. The fraction of sp³-hybridized carbons (Fsp3) is 0.286. The number of sulfonamides is 1. The molecular weight excluding hydrogens is 372 g/mol. The second-order valence-electron chi connectivity index (χ2n) is 6.83. The summed E-state index contributed by atoms with van der Waals surface area (Å²) in [6, 6.07) is 19.1. The predicted molar refractivity (Wildman–Crippen MR) is 110 cm³/mol. The molecule has 7 heteroatoms. The van der Waals surface area contributed by atoms with Crippen LogP contribution in [0.25, 0.3) is 16.9 Å². The first-order valence-electron chi connectivity index (χ1n) is 9.52. The van der Waals surface area contributed by atoms with E-state index in [1.807, 2.05) is 60.7 Å². The van der Waals surface area contributed by atoms with Gasteiger partial charge < -0.3 is 4.90 Å². The van der Waals surface area contributed by atoms with Gasteiger partial charge >= 0.3 is 0 Å². The highest BCUT2D eigenvalue weighted by Crippen LogP contribution is 2.30. The van der Waals surface area contributed by atoms with Crippen LogP contribution in [0, 0.1) is 0 Å². The Morgan fingerprint density at radius 2 is 1.50 bits per heavy atom. The summed E-state index contributed by atoms with van der Waals surface area (Å²) in [5.74, 6) is 0. The fourth-order valence-electron chi connectivity index (χ4n) is 3.48. The van der Waals surface area contributed by atoms with E-state index in [9.17, 15) is 8.42 Å². The normalized spacial score (nSPS) is 16.3. The van der Waals surface area contributed by atoms with Crippen molar-refractivity contribution in [2.45, 2.75) is 11.8 Å². The van der Waals surface area contributed by atoms with Crippen LogP contribution in [0.5, 0.6) is 0 Å². The van der Waals surface area contributed by atoms with Crippen molar-refractivity contribution in [3.05, 3.63) is 66.9 Å². The zero-order valence-electron chi connectivity index (χ0n) is 15.9.